The van der Waals surface area contributed by atoms with Gasteiger partial charge in [0.2, 0.25) is 0 Å². The average molecular weight is 536 g/mol. The van der Waals surface area contributed by atoms with E-state index < -0.39 is 11.4 Å². The zero-order chi connectivity index (χ0) is 28.4. The summed E-state index contributed by atoms with van der Waals surface area (Å²) in [6.07, 6.45) is -0.347. The summed E-state index contributed by atoms with van der Waals surface area (Å²) < 4.78 is 24.8. The van der Waals surface area contributed by atoms with Crippen molar-refractivity contribution in [1.82, 2.24) is 4.90 Å². The molecule has 0 atom stereocenters. The number of hydrogen-bond donors (Lipinski definition) is 2. The molecule has 206 valence electrons. The quantitative estimate of drug-likeness (QED) is 0.323. The highest BCUT2D eigenvalue weighted by Crippen LogP contribution is 2.31. The number of rotatable bonds is 5. The van der Waals surface area contributed by atoms with E-state index in [0.717, 1.165) is 11.3 Å². The Bertz CT molecular complexity index is 1360. The predicted molar refractivity (Wildman–Crippen MR) is 151 cm³/mol. The second kappa shape index (κ2) is 10.9. The summed E-state index contributed by atoms with van der Waals surface area (Å²) in [4.78, 5) is 27.4. The Hall–Kier alpha value is -4.11. The number of methoxy groups -OCH3 is 1. The molecule has 1 aliphatic heterocycles. The van der Waals surface area contributed by atoms with Crippen LogP contribution >= 0.6 is 0 Å². The number of nitrogens with one attached hydrogen (secondary N) is 1. The lowest BCUT2D eigenvalue weighted by atomic mass is 10.0. The van der Waals surface area contributed by atoms with Gasteiger partial charge in [-0.25, -0.2) is 14.0 Å². The van der Waals surface area contributed by atoms with Crippen molar-refractivity contribution in [2.75, 3.05) is 51.4 Å². The molecule has 1 aliphatic rings. The first kappa shape index (κ1) is 27.9. The standard InChI is InChI=1S/C30H35FN4O4/c1-30(2,3)39-29(37)34-14-16-35(4,17-15-34)28(36)20-6-10-23(11-7-20)33-26-12-8-22(19-25(26)32)21-9-13-27(38-5)24(31)18-21/h6-13,18-19H,14-17,32H2,1-5H3/p+1. The minimum atomic E-state index is -0.555. The van der Waals surface area contributed by atoms with Crippen molar-refractivity contribution in [1.29, 1.82) is 0 Å². The van der Waals surface area contributed by atoms with Crippen molar-refractivity contribution in [2.45, 2.75) is 26.4 Å². The molecule has 3 N–H and O–H groups in total. The molecule has 2 amide bonds. The maximum absolute atomic E-state index is 14.1. The number of benzene rings is 3. The summed E-state index contributed by atoms with van der Waals surface area (Å²) in [6.45, 7) is 7.45. The molecule has 0 spiro atoms. The van der Waals surface area contributed by atoms with Crippen LogP contribution in [0.25, 0.3) is 11.1 Å². The number of nitrogen functional groups attached to an aromatic ring is 1. The number of quaternary nitrogens is 1. The number of likely N-dealkylation sites (N-methyl/N-ethyl adjacent to an activating group) is 1. The number of amides is 2. The lowest BCUT2D eigenvalue weighted by Gasteiger charge is -2.40. The molecule has 0 saturated carbocycles. The fourth-order valence-corrected chi connectivity index (χ4v) is 4.48. The van der Waals surface area contributed by atoms with Crippen LogP contribution in [0.2, 0.25) is 0 Å². The first-order chi connectivity index (χ1) is 18.4. The molecule has 1 fully saturated rings. The van der Waals surface area contributed by atoms with Crippen molar-refractivity contribution in [3.63, 3.8) is 0 Å². The summed E-state index contributed by atoms with van der Waals surface area (Å²) in [7, 11) is 3.33. The number of carbonyl (C=O) groups excluding carboxylic acids is 2. The van der Waals surface area contributed by atoms with E-state index >= 15 is 0 Å². The van der Waals surface area contributed by atoms with Crippen molar-refractivity contribution in [3.05, 3.63) is 72.0 Å². The van der Waals surface area contributed by atoms with Gasteiger partial charge in [0.25, 0.3) is 0 Å². The molecular weight excluding hydrogens is 499 g/mol. The van der Waals surface area contributed by atoms with Crippen molar-refractivity contribution in [3.8, 4) is 16.9 Å². The van der Waals surface area contributed by atoms with Crippen molar-refractivity contribution < 1.29 is 27.9 Å². The molecule has 9 heteroatoms. The van der Waals surface area contributed by atoms with Gasteiger partial charge in [0.15, 0.2) is 11.6 Å². The van der Waals surface area contributed by atoms with Crippen LogP contribution in [-0.2, 0) is 4.74 Å². The smallest absolute Gasteiger partial charge is 0.410 e. The van der Waals surface area contributed by atoms with Gasteiger partial charge in [0.1, 0.15) is 18.7 Å². The van der Waals surface area contributed by atoms with E-state index in [1.54, 1.807) is 35.2 Å². The van der Waals surface area contributed by atoms with Crippen molar-refractivity contribution >= 4 is 29.1 Å². The second-order valence-electron chi connectivity index (χ2n) is 11.0. The van der Waals surface area contributed by atoms with Gasteiger partial charge >= 0.3 is 12.0 Å². The number of nitrogens with two attached hydrogens (primary N) is 1. The Kier molecular flexibility index (Phi) is 7.83. The molecule has 3 aromatic rings. The molecule has 0 unspecified atom stereocenters. The van der Waals surface area contributed by atoms with Crippen molar-refractivity contribution in [2.24, 2.45) is 0 Å². The Morgan fingerprint density at radius 1 is 0.974 bits per heavy atom. The maximum Gasteiger partial charge on any atom is 0.410 e. The van der Waals surface area contributed by atoms with Gasteiger partial charge in [-0.1, -0.05) is 12.1 Å². The molecule has 0 aromatic heterocycles. The third kappa shape index (κ3) is 6.49. The van der Waals surface area contributed by atoms with E-state index in [0.29, 0.717) is 48.7 Å². The Balaban J connectivity index is 1.39. The number of halogens is 1. The Morgan fingerprint density at radius 3 is 2.15 bits per heavy atom. The van der Waals surface area contributed by atoms with Crippen LogP contribution in [0.1, 0.15) is 31.1 Å². The fraction of sp³-hybridized carbons (Fsp3) is 0.333. The number of hydrogen-bond acceptors (Lipinski definition) is 6. The molecule has 4 rings (SSSR count). The van der Waals surface area contributed by atoms with Crippen LogP contribution in [0.3, 0.4) is 0 Å². The lowest BCUT2D eigenvalue weighted by Crippen LogP contribution is -2.61. The summed E-state index contributed by atoms with van der Waals surface area (Å²) in [5, 5.41) is 3.28. The SMILES string of the molecule is COc1ccc(-c2ccc(Nc3ccc(C(=O)[N+]4(C)CCN(C(=O)OC(C)(C)C)CC4)cc3)c(N)c2)cc1F. The molecule has 0 bridgehead atoms. The molecule has 39 heavy (non-hydrogen) atoms. The third-order valence-corrected chi connectivity index (χ3v) is 6.82. The van der Waals surface area contributed by atoms with Crippen LogP contribution in [0, 0.1) is 5.82 Å². The Morgan fingerprint density at radius 2 is 1.59 bits per heavy atom. The lowest BCUT2D eigenvalue weighted by molar-refractivity contribution is -0.833. The largest absolute Gasteiger partial charge is 0.494 e. The number of anilines is 3. The van der Waals surface area contributed by atoms with Gasteiger partial charge < -0.3 is 20.5 Å². The molecule has 3 aromatic carbocycles. The number of carbonyl (C=O) groups is 2. The highest BCUT2D eigenvalue weighted by atomic mass is 19.1. The highest BCUT2D eigenvalue weighted by Gasteiger charge is 2.39. The monoisotopic (exact) mass is 535 g/mol. The van der Waals surface area contributed by atoms with Gasteiger partial charge in [0.05, 0.1) is 44.2 Å². The summed E-state index contributed by atoms with van der Waals surface area (Å²) in [6, 6.07) is 17.5. The van der Waals surface area contributed by atoms with E-state index in [9.17, 15) is 14.0 Å². The van der Waals surface area contributed by atoms with Gasteiger partial charge in [-0.05, 0) is 80.4 Å². The fourth-order valence-electron chi connectivity index (χ4n) is 4.48. The normalized spacial score (nSPS) is 15.0. The van der Waals surface area contributed by atoms with E-state index in [1.165, 1.54) is 13.2 Å². The first-order valence-electron chi connectivity index (χ1n) is 12.9. The average Bonchev–Trinajstić information content (AvgIpc) is 2.89. The maximum atomic E-state index is 14.1. The van der Waals surface area contributed by atoms with Crippen LogP contribution in [-0.4, -0.2) is 67.3 Å². The minimum absolute atomic E-state index is 0.000907. The topological polar surface area (TPSA) is 93.9 Å². The molecule has 8 nitrogen and oxygen atoms in total. The van der Waals surface area contributed by atoms with Crippen LogP contribution in [0.4, 0.5) is 26.2 Å². The van der Waals surface area contributed by atoms with E-state index in [-0.39, 0.29) is 22.2 Å². The summed E-state index contributed by atoms with van der Waals surface area (Å²) >= 11 is 0. The van der Waals surface area contributed by atoms with Gasteiger partial charge in [-0.2, -0.15) is 0 Å². The Labute approximate surface area is 228 Å². The molecule has 1 heterocycles. The second-order valence-corrected chi connectivity index (χ2v) is 11.0. The summed E-state index contributed by atoms with van der Waals surface area (Å²) in [5.74, 6) is -0.251. The number of ether oxygens (including phenoxy) is 2. The van der Waals surface area contributed by atoms with Gasteiger partial charge in [-0.15, -0.1) is 0 Å². The molecular formula is C30H36FN4O4+. The number of nitrogens with zero attached hydrogens (tertiary/aromatic N) is 2. The predicted octanol–water partition coefficient (Wildman–Crippen LogP) is 5.66. The van der Waals surface area contributed by atoms with Gasteiger partial charge in [0, 0.05) is 5.69 Å². The zero-order valence-corrected chi connectivity index (χ0v) is 23.1. The van der Waals surface area contributed by atoms with E-state index in [2.05, 4.69) is 5.32 Å². The van der Waals surface area contributed by atoms with Crippen LogP contribution in [0.5, 0.6) is 5.75 Å². The number of piperazine rings is 1. The third-order valence-electron chi connectivity index (χ3n) is 6.82. The van der Waals surface area contributed by atoms with E-state index in [1.807, 2.05) is 52.1 Å². The zero-order valence-electron chi connectivity index (χ0n) is 23.1. The van der Waals surface area contributed by atoms with E-state index in [4.69, 9.17) is 15.2 Å². The highest BCUT2D eigenvalue weighted by molar-refractivity contribution is 5.90. The molecule has 0 radical (unpaired) electrons. The molecule has 1 saturated heterocycles. The first-order valence-corrected chi connectivity index (χ1v) is 12.9. The minimum Gasteiger partial charge on any atom is -0.494 e. The molecule has 0 aliphatic carbocycles. The van der Waals surface area contributed by atoms with Gasteiger partial charge in [-0.3, -0.25) is 9.38 Å². The van der Waals surface area contributed by atoms with Crippen LogP contribution < -0.4 is 15.8 Å². The summed E-state index contributed by atoms with van der Waals surface area (Å²) in [5.41, 5.74) is 9.78. The van der Waals surface area contributed by atoms with Crippen LogP contribution in [0.15, 0.2) is 60.7 Å².